The summed E-state index contributed by atoms with van der Waals surface area (Å²) >= 11 is 0. The van der Waals surface area contributed by atoms with Crippen LogP contribution in [0.2, 0.25) is 0 Å². The molecule has 0 bridgehead atoms. The fourth-order valence-electron chi connectivity index (χ4n) is 2.21. The van der Waals surface area contributed by atoms with Gasteiger partial charge in [0.05, 0.1) is 5.60 Å². The summed E-state index contributed by atoms with van der Waals surface area (Å²) in [4.78, 5) is 0. The fourth-order valence-corrected chi connectivity index (χ4v) is 2.21. The molecular formula is C12H24O2. The van der Waals surface area contributed by atoms with E-state index in [4.69, 9.17) is 5.11 Å². The Morgan fingerprint density at radius 1 is 1.21 bits per heavy atom. The average molecular weight is 200 g/mol. The first-order chi connectivity index (χ1) is 6.73. The van der Waals surface area contributed by atoms with Crippen molar-refractivity contribution in [2.24, 2.45) is 5.92 Å². The van der Waals surface area contributed by atoms with Gasteiger partial charge in [0, 0.05) is 6.61 Å². The summed E-state index contributed by atoms with van der Waals surface area (Å²) in [5, 5.41) is 18.7. The van der Waals surface area contributed by atoms with Crippen LogP contribution in [0.1, 0.15) is 58.3 Å². The molecule has 1 aliphatic rings. The van der Waals surface area contributed by atoms with Gasteiger partial charge in [0.15, 0.2) is 0 Å². The highest BCUT2D eigenvalue weighted by atomic mass is 16.3. The molecule has 2 heteroatoms. The molecule has 2 unspecified atom stereocenters. The van der Waals surface area contributed by atoms with Gasteiger partial charge >= 0.3 is 0 Å². The lowest BCUT2D eigenvalue weighted by molar-refractivity contribution is 0.114. The summed E-state index contributed by atoms with van der Waals surface area (Å²) in [6.07, 6.45) is 8.66. The third kappa shape index (κ3) is 3.58. The lowest BCUT2D eigenvalue weighted by Crippen LogP contribution is -2.10. The molecule has 0 aliphatic heterocycles. The molecule has 1 aliphatic carbocycles. The molecule has 14 heavy (non-hydrogen) atoms. The number of hydrogen-bond acceptors (Lipinski definition) is 2. The van der Waals surface area contributed by atoms with Gasteiger partial charge < -0.3 is 10.2 Å². The van der Waals surface area contributed by atoms with E-state index in [0.29, 0.717) is 5.92 Å². The van der Waals surface area contributed by atoms with Crippen molar-refractivity contribution < 1.29 is 10.2 Å². The van der Waals surface area contributed by atoms with Gasteiger partial charge in [-0.3, -0.25) is 0 Å². The zero-order valence-corrected chi connectivity index (χ0v) is 9.34. The third-order valence-electron chi connectivity index (χ3n) is 3.37. The maximum Gasteiger partial charge on any atom is 0.0680 e. The van der Waals surface area contributed by atoms with Gasteiger partial charge in [0.25, 0.3) is 0 Å². The highest BCUT2D eigenvalue weighted by molar-refractivity contribution is 5.02. The van der Waals surface area contributed by atoms with E-state index in [-0.39, 0.29) is 12.2 Å². The first-order valence-corrected chi connectivity index (χ1v) is 6.06. The van der Waals surface area contributed by atoms with Crippen molar-refractivity contribution in [3.05, 3.63) is 0 Å². The highest BCUT2D eigenvalue weighted by Gasteiger charge is 2.50. The van der Waals surface area contributed by atoms with E-state index in [1.807, 2.05) is 0 Å². The predicted molar refractivity (Wildman–Crippen MR) is 58.1 cm³/mol. The van der Waals surface area contributed by atoms with Crippen molar-refractivity contribution in [2.45, 2.75) is 63.9 Å². The average Bonchev–Trinajstić information content (AvgIpc) is 2.82. The summed E-state index contributed by atoms with van der Waals surface area (Å²) in [7, 11) is 0. The fraction of sp³-hybridized carbons (Fsp3) is 1.00. The van der Waals surface area contributed by atoms with Gasteiger partial charge in [-0.1, -0.05) is 32.6 Å². The Morgan fingerprint density at radius 2 is 2.00 bits per heavy atom. The smallest absolute Gasteiger partial charge is 0.0680 e. The monoisotopic (exact) mass is 200 g/mol. The Balaban J connectivity index is 2.02. The Labute approximate surface area is 87.3 Å². The van der Waals surface area contributed by atoms with Crippen LogP contribution in [0, 0.1) is 5.92 Å². The molecule has 0 amide bonds. The normalized spacial score (nSPS) is 30.6. The van der Waals surface area contributed by atoms with Gasteiger partial charge in [0.2, 0.25) is 0 Å². The molecule has 2 atom stereocenters. The Kier molecular flexibility index (Phi) is 4.90. The molecule has 0 aromatic rings. The van der Waals surface area contributed by atoms with E-state index in [2.05, 4.69) is 6.92 Å². The van der Waals surface area contributed by atoms with Crippen molar-refractivity contribution in [1.29, 1.82) is 0 Å². The number of unbranched alkanes of at least 4 members (excludes halogenated alkanes) is 3. The van der Waals surface area contributed by atoms with Gasteiger partial charge in [-0.15, -0.1) is 0 Å². The molecule has 1 saturated carbocycles. The second-order valence-corrected chi connectivity index (χ2v) is 4.68. The van der Waals surface area contributed by atoms with Crippen molar-refractivity contribution in [3.8, 4) is 0 Å². The van der Waals surface area contributed by atoms with Crippen LogP contribution < -0.4 is 0 Å². The molecule has 0 heterocycles. The first kappa shape index (κ1) is 12.0. The topological polar surface area (TPSA) is 40.5 Å². The van der Waals surface area contributed by atoms with E-state index >= 15 is 0 Å². The zero-order valence-electron chi connectivity index (χ0n) is 9.34. The maximum absolute atomic E-state index is 10.1. The third-order valence-corrected chi connectivity index (χ3v) is 3.37. The summed E-state index contributed by atoms with van der Waals surface area (Å²) in [6, 6.07) is 0. The van der Waals surface area contributed by atoms with Crippen molar-refractivity contribution >= 4 is 0 Å². The summed E-state index contributed by atoms with van der Waals surface area (Å²) < 4.78 is 0. The predicted octanol–water partition coefficient (Wildman–Crippen LogP) is 2.48. The Morgan fingerprint density at radius 3 is 2.64 bits per heavy atom. The molecule has 0 aromatic heterocycles. The van der Waals surface area contributed by atoms with E-state index in [9.17, 15) is 5.11 Å². The minimum absolute atomic E-state index is 0.289. The van der Waals surface area contributed by atoms with Gasteiger partial charge in [-0.2, -0.15) is 0 Å². The number of aliphatic hydroxyl groups is 2. The second kappa shape index (κ2) is 5.72. The van der Waals surface area contributed by atoms with E-state index in [1.54, 1.807) is 0 Å². The first-order valence-electron chi connectivity index (χ1n) is 6.06. The van der Waals surface area contributed by atoms with Crippen LogP contribution in [0.4, 0.5) is 0 Å². The second-order valence-electron chi connectivity index (χ2n) is 4.68. The molecule has 2 nitrogen and oxygen atoms in total. The van der Waals surface area contributed by atoms with Crippen LogP contribution in [0.25, 0.3) is 0 Å². The number of rotatable bonds is 8. The summed E-state index contributed by atoms with van der Waals surface area (Å²) in [6.45, 7) is 2.49. The van der Waals surface area contributed by atoms with E-state index in [0.717, 1.165) is 32.1 Å². The quantitative estimate of drug-likeness (QED) is 0.591. The van der Waals surface area contributed by atoms with Crippen LogP contribution in [0.15, 0.2) is 0 Å². The van der Waals surface area contributed by atoms with Gasteiger partial charge in [-0.05, 0) is 31.6 Å². The molecule has 1 rings (SSSR count). The zero-order chi connectivity index (χ0) is 10.4. The Bertz CT molecular complexity index is 158. The Hall–Kier alpha value is -0.0800. The van der Waals surface area contributed by atoms with Crippen LogP contribution in [0.5, 0.6) is 0 Å². The maximum atomic E-state index is 10.1. The van der Waals surface area contributed by atoms with Crippen LogP contribution in [0.3, 0.4) is 0 Å². The molecule has 0 saturated heterocycles. The van der Waals surface area contributed by atoms with Crippen molar-refractivity contribution in [2.75, 3.05) is 6.61 Å². The number of aliphatic hydroxyl groups excluding tert-OH is 1. The molecule has 0 aromatic carbocycles. The van der Waals surface area contributed by atoms with Crippen LogP contribution in [-0.2, 0) is 0 Å². The molecule has 1 fully saturated rings. The molecule has 0 radical (unpaired) electrons. The lowest BCUT2D eigenvalue weighted by Gasteiger charge is -2.09. The van der Waals surface area contributed by atoms with Gasteiger partial charge in [0.1, 0.15) is 0 Å². The van der Waals surface area contributed by atoms with Crippen LogP contribution >= 0.6 is 0 Å². The van der Waals surface area contributed by atoms with Gasteiger partial charge in [-0.25, -0.2) is 0 Å². The minimum atomic E-state index is -0.315. The van der Waals surface area contributed by atoms with Crippen molar-refractivity contribution in [1.82, 2.24) is 0 Å². The molecule has 2 N–H and O–H groups in total. The summed E-state index contributed by atoms with van der Waals surface area (Å²) in [5.74, 6) is 0.580. The molecule has 0 spiro atoms. The highest BCUT2D eigenvalue weighted by Crippen LogP contribution is 2.49. The number of hydrogen-bond donors (Lipinski definition) is 2. The SMILES string of the molecule is CCCCC1CC1(O)CCCCCO. The molecule has 84 valence electrons. The molecular weight excluding hydrogens is 176 g/mol. The largest absolute Gasteiger partial charge is 0.396 e. The van der Waals surface area contributed by atoms with E-state index < -0.39 is 0 Å². The van der Waals surface area contributed by atoms with Crippen molar-refractivity contribution in [3.63, 3.8) is 0 Å². The van der Waals surface area contributed by atoms with E-state index in [1.165, 1.54) is 19.3 Å². The minimum Gasteiger partial charge on any atom is -0.396 e. The standard InChI is InChI=1S/C12H24O2/c1-2-3-7-11-10-12(11,14)8-5-4-6-9-13/h11,13-14H,2-10H2,1H3. The lowest BCUT2D eigenvalue weighted by atomic mass is 10.0. The van der Waals surface area contributed by atoms with Crippen LogP contribution in [-0.4, -0.2) is 22.4 Å². The summed E-state index contributed by atoms with van der Waals surface area (Å²) in [5.41, 5.74) is -0.315.